The van der Waals surface area contributed by atoms with E-state index in [2.05, 4.69) is 5.32 Å². The van der Waals surface area contributed by atoms with Crippen molar-refractivity contribution in [1.82, 2.24) is 0 Å². The van der Waals surface area contributed by atoms with Gasteiger partial charge in [-0.3, -0.25) is 9.59 Å². The average Bonchev–Trinajstić information content (AvgIpc) is 2.88. The van der Waals surface area contributed by atoms with Crippen LogP contribution >= 0.6 is 11.6 Å². The molecule has 35 heavy (non-hydrogen) atoms. The molecule has 0 radical (unpaired) electrons. The Hall–Kier alpha value is -4.17. The molecule has 4 rings (SSSR count). The van der Waals surface area contributed by atoms with Gasteiger partial charge < -0.3 is 28.7 Å². The number of anilines is 1. The zero-order valence-electron chi connectivity index (χ0n) is 19.2. The fourth-order valence-electron chi connectivity index (χ4n) is 3.44. The second-order valence-electron chi connectivity index (χ2n) is 7.36. The van der Waals surface area contributed by atoms with Crippen molar-refractivity contribution in [3.8, 4) is 34.3 Å². The Balaban J connectivity index is 1.66. The van der Waals surface area contributed by atoms with Crippen LogP contribution in [-0.4, -0.2) is 33.8 Å². The summed E-state index contributed by atoms with van der Waals surface area (Å²) >= 11 is 6.08. The first-order valence-corrected chi connectivity index (χ1v) is 10.9. The van der Waals surface area contributed by atoms with Crippen LogP contribution in [0.15, 0.2) is 69.9 Å². The van der Waals surface area contributed by atoms with Crippen LogP contribution in [-0.2, 0) is 4.79 Å². The summed E-state index contributed by atoms with van der Waals surface area (Å²) in [6.07, 6.45) is 0. The Kier molecular flexibility index (Phi) is 7.12. The molecular formula is C26H22ClNO7. The third-order valence-corrected chi connectivity index (χ3v) is 5.43. The minimum absolute atomic E-state index is 0.109. The van der Waals surface area contributed by atoms with Gasteiger partial charge in [-0.1, -0.05) is 11.6 Å². The van der Waals surface area contributed by atoms with E-state index in [4.69, 9.17) is 35.0 Å². The highest BCUT2D eigenvalue weighted by molar-refractivity contribution is 6.31. The van der Waals surface area contributed by atoms with Crippen molar-refractivity contribution in [3.63, 3.8) is 0 Å². The van der Waals surface area contributed by atoms with E-state index in [0.29, 0.717) is 39.1 Å². The van der Waals surface area contributed by atoms with Gasteiger partial charge in [-0.05, 0) is 54.6 Å². The normalized spacial score (nSPS) is 10.6. The predicted molar refractivity (Wildman–Crippen MR) is 133 cm³/mol. The van der Waals surface area contributed by atoms with Crippen molar-refractivity contribution in [2.45, 2.75) is 0 Å². The third-order valence-electron chi connectivity index (χ3n) is 5.19. The van der Waals surface area contributed by atoms with Crippen molar-refractivity contribution in [2.75, 3.05) is 33.3 Å². The largest absolute Gasteiger partial charge is 0.497 e. The third kappa shape index (κ3) is 5.17. The van der Waals surface area contributed by atoms with E-state index in [1.54, 1.807) is 61.7 Å². The summed E-state index contributed by atoms with van der Waals surface area (Å²) in [6, 6.07) is 16.6. The number of rotatable bonds is 8. The van der Waals surface area contributed by atoms with Gasteiger partial charge in [0.25, 0.3) is 5.91 Å². The quantitative estimate of drug-likeness (QED) is 0.361. The average molecular weight is 496 g/mol. The summed E-state index contributed by atoms with van der Waals surface area (Å²) in [5, 5.41) is 3.32. The van der Waals surface area contributed by atoms with Crippen molar-refractivity contribution in [1.29, 1.82) is 0 Å². The van der Waals surface area contributed by atoms with Gasteiger partial charge in [0.2, 0.25) is 11.2 Å². The molecule has 0 bridgehead atoms. The molecule has 9 heteroatoms. The van der Waals surface area contributed by atoms with E-state index < -0.39 is 17.9 Å². The van der Waals surface area contributed by atoms with Gasteiger partial charge in [-0.2, -0.15) is 0 Å². The smallest absolute Gasteiger partial charge is 0.262 e. The monoisotopic (exact) mass is 495 g/mol. The maximum Gasteiger partial charge on any atom is 0.262 e. The Morgan fingerprint density at radius 1 is 0.914 bits per heavy atom. The van der Waals surface area contributed by atoms with Crippen LogP contribution in [0.25, 0.3) is 22.3 Å². The molecule has 0 aliphatic heterocycles. The lowest BCUT2D eigenvalue weighted by Gasteiger charge is -2.14. The van der Waals surface area contributed by atoms with Gasteiger partial charge in [0, 0.05) is 16.7 Å². The van der Waals surface area contributed by atoms with Crippen LogP contribution in [0, 0.1) is 0 Å². The van der Waals surface area contributed by atoms with E-state index in [0.717, 1.165) is 0 Å². The Morgan fingerprint density at radius 2 is 1.63 bits per heavy atom. The molecule has 0 unspecified atom stereocenters. The number of hydrogen-bond donors (Lipinski definition) is 1. The molecule has 8 nitrogen and oxygen atoms in total. The van der Waals surface area contributed by atoms with Crippen LogP contribution in [0.2, 0.25) is 5.02 Å². The first kappa shape index (κ1) is 24.0. The lowest BCUT2D eigenvalue weighted by atomic mass is 10.1. The lowest BCUT2D eigenvalue weighted by molar-refractivity contribution is -0.118. The van der Waals surface area contributed by atoms with Crippen molar-refractivity contribution in [3.05, 3.63) is 75.9 Å². The molecule has 0 aliphatic carbocycles. The first-order chi connectivity index (χ1) is 16.9. The fourth-order valence-corrected chi connectivity index (χ4v) is 3.61. The number of nitrogens with one attached hydrogen (secondary N) is 1. The molecule has 4 aromatic rings. The number of benzene rings is 3. The topological polar surface area (TPSA) is 96.2 Å². The van der Waals surface area contributed by atoms with Gasteiger partial charge in [0.15, 0.2) is 12.4 Å². The molecule has 1 heterocycles. The first-order valence-electron chi connectivity index (χ1n) is 10.5. The van der Waals surface area contributed by atoms with Gasteiger partial charge in [0.05, 0.1) is 32.4 Å². The Bertz CT molecular complexity index is 1430. The minimum atomic E-state index is -0.500. The van der Waals surface area contributed by atoms with E-state index in [1.807, 2.05) is 0 Å². The van der Waals surface area contributed by atoms with Crippen LogP contribution in [0.5, 0.6) is 23.0 Å². The molecule has 3 aromatic carbocycles. The lowest BCUT2D eigenvalue weighted by Crippen LogP contribution is -2.23. The Morgan fingerprint density at radius 3 is 2.31 bits per heavy atom. The molecule has 180 valence electrons. The van der Waals surface area contributed by atoms with E-state index in [9.17, 15) is 9.59 Å². The molecular weight excluding hydrogens is 474 g/mol. The number of fused-ring (bicyclic) bond motifs is 1. The molecule has 0 atom stereocenters. The second kappa shape index (κ2) is 10.4. The zero-order valence-corrected chi connectivity index (χ0v) is 20.0. The molecule has 0 aliphatic rings. The summed E-state index contributed by atoms with van der Waals surface area (Å²) in [6.45, 7) is -0.449. The van der Waals surface area contributed by atoms with Crippen molar-refractivity contribution in [2.24, 2.45) is 0 Å². The summed E-state index contributed by atoms with van der Waals surface area (Å²) in [4.78, 5) is 26.0. The van der Waals surface area contributed by atoms with Crippen molar-refractivity contribution >= 4 is 34.2 Å². The highest BCUT2D eigenvalue weighted by Gasteiger charge is 2.20. The number of methoxy groups -OCH3 is 3. The zero-order chi connectivity index (χ0) is 24.9. The molecule has 0 fully saturated rings. The number of carbonyl (C=O) groups excluding carboxylic acids is 1. The second-order valence-corrected chi connectivity index (χ2v) is 7.80. The predicted octanol–water partition coefficient (Wildman–Crippen LogP) is 5.16. The maximum absolute atomic E-state index is 13.3. The minimum Gasteiger partial charge on any atom is -0.497 e. The number of ether oxygens (including phenoxy) is 4. The van der Waals surface area contributed by atoms with Gasteiger partial charge in [-0.15, -0.1) is 0 Å². The number of carbonyl (C=O) groups is 1. The van der Waals surface area contributed by atoms with Crippen molar-refractivity contribution < 1.29 is 28.2 Å². The molecule has 0 saturated carbocycles. The van der Waals surface area contributed by atoms with Gasteiger partial charge in [0.1, 0.15) is 22.8 Å². The summed E-state index contributed by atoms with van der Waals surface area (Å²) in [7, 11) is 4.57. The van der Waals surface area contributed by atoms with E-state index in [-0.39, 0.29) is 16.9 Å². The molecule has 0 spiro atoms. The summed E-state index contributed by atoms with van der Waals surface area (Å²) in [5.41, 5.74) is 0.890. The molecule has 0 saturated heterocycles. The highest BCUT2D eigenvalue weighted by Crippen LogP contribution is 2.33. The number of amides is 1. The maximum atomic E-state index is 13.3. The standard InChI is InChI=1S/C26H22ClNO7/c1-31-17-7-4-15(5-8-17)25-26(24(30)19-12-16(27)6-11-21(19)35-25)34-14-23(29)28-20-10-9-18(32-2)13-22(20)33-3/h4-13H,14H2,1-3H3,(H,28,29). The van der Waals surface area contributed by atoms with Gasteiger partial charge in [-0.25, -0.2) is 0 Å². The molecule has 1 amide bonds. The molecule has 1 aromatic heterocycles. The van der Waals surface area contributed by atoms with Crippen LogP contribution in [0.1, 0.15) is 0 Å². The van der Waals surface area contributed by atoms with E-state index >= 15 is 0 Å². The summed E-state index contributed by atoms with van der Waals surface area (Å²) in [5.74, 6) is 1.20. The summed E-state index contributed by atoms with van der Waals surface area (Å²) < 4.78 is 27.4. The Labute approximate surface area is 205 Å². The van der Waals surface area contributed by atoms with Crippen LogP contribution in [0.3, 0.4) is 0 Å². The van der Waals surface area contributed by atoms with Crippen LogP contribution in [0.4, 0.5) is 5.69 Å². The fraction of sp³-hybridized carbons (Fsp3) is 0.154. The SMILES string of the molecule is COc1ccc(-c2oc3ccc(Cl)cc3c(=O)c2OCC(=O)Nc2ccc(OC)cc2OC)cc1. The van der Waals surface area contributed by atoms with Gasteiger partial charge >= 0.3 is 0 Å². The van der Waals surface area contributed by atoms with E-state index in [1.165, 1.54) is 20.3 Å². The molecule has 1 N–H and O–H groups in total. The number of halogens is 1. The highest BCUT2D eigenvalue weighted by atomic mass is 35.5. The van der Waals surface area contributed by atoms with Crippen LogP contribution < -0.4 is 29.7 Å². The number of hydrogen-bond acceptors (Lipinski definition) is 7.